The molecule has 2 N–H and O–H groups in total. The molecule has 8 heteroatoms. The second-order valence-electron chi connectivity index (χ2n) is 8.07. The van der Waals surface area contributed by atoms with Crippen LogP contribution in [0.3, 0.4) is 0 Å². The van der Waals surface area contributed by atoms with Crippen molar-refractivity contribution in [3.8, 4) is 0 Å². The van der Waals surface area contributed by atoms with Gasteiger partial charge in [-0.2, -0.15) is 4.98 Å². The van der Waals surface area contributed by atoms with Crippen LogP contribution in [0, 0.1) is 6.92 Å². The fourth-order valence-electron chi connectivity index (χ4n) is 4.27. The lowest BCUT2D eigenvalue weighted by molar-refractivity contribution is -0.118. The van der Waals surface area contributed by atoms with Gasteiger partial charge in [0, 0.05) is 44.4 Å². The van der Waals surface area contributed by atoms with E-state index in [9.17, 15) is 9.59 Å². The molecular formula is C22H28N6O2. The standard InChI is InChI=1S/C22H28N6O2/c1-14-12-16(8-9-18(14)24-15(2)29)25-22-23-13-19-21(26-22)28(17-6-4-5-7-17)11-10-20(30)27(19)3/h8-9,12-13,17H,4-7,10-11H2,1-3H3,(H,24,29)(H,23,25,26). The first-order valence-corrected chi connectivity index (χ1v) is 10.5. The van der Waals surface area contributed by atoms with Crippen LogP contribution in [0.15, 0.2) is 24.4 Å². The van der Waals surface area contributed by atoms with Crippen molar-refractivity contribution in [2.75, 3.05) is 34.0 Å². The Morgan fingerprint density at radius 1 is 1.23 bits per heavy atom. The summed E-state index contributed by atoms with van der Waals surface area (Å²) < 4.78 is 0. The number of benzene rings is 1. The van der Waals surface area contributed by atoms with Crippen LogP contribution in [-0.2, 0) is 9.59 Å². The fraction of sp³-hybridized carbons (Fsp3) is 0.455. The van der Waals surface area contributed by atoms with E-state index in [4.69, 9.17) is 4.98 Å². The van der Waals surface area contributed by atoms with Crippen LogP contribution < -0.4 is 20.4 Å². The third-order valence-electron chi connectivity index (χ3n) is 5.88. The van der Waals surface area contributed by atoms with Crippen LogP contribution in [0.5, 0.6) is 0 Å². The Morgan fingerprint density at radius 3 is 2.70 bits per heavy atom. The van der Waals surface area contributed by atoms with Gasteiger partial charge < -0.3 is 20.4 Å². The van der Waals surface area contributed by atoms with Gasteiger partial charge in [0.15, 0.2) is 5.82 Å². The molecule has 0 bridgehead atoms. The van der Waals surface area contributed by atoms with Gasteiger partial charge in [-0.05, 0) is 43.5 Å². The fourth-order valence-corrected chi connectivity index (χ4v) is 4.27. The molecule has 1 aromatic carbocycles. The number of hydrogen-bond donors (Lipinski definition) is 2. The SMILES string of the molecule is CC(=O)Nc1ccc(Nc2ncc3c(n2)N(C2CCCC2)CCC(=O)N3C)cc1C. The molecule has 2 heterocycles. The molecule has 1 aliphatic carbocycles. The summed E-state index contributed by atoms with van der Waals surface area (Å²) in [5.41, 5.74) is 3.32. The van der Waals surface area contributed by atoms with Crippen LogP contribution in [0.1, 0.15) is 44.6 Å². The highest BCUT2D eigenvalue weighted by Crippen LogP contribution is 2.36. The van der Waals surface area contributed by atoms with Crippen molar-refractivity contribution in [3.63, 3.8) is 0 Å². The minimum absolute atomic E-state index is 0.0882. The van der Waals surface area contributed by atoms with E-state index in [0.717, 1.165) is 41.3 Å². The Balaban J connectivity index is 1.63. The topological polar surface area (TPSA) is 90.5 Å². The molecule has 2 aromatic rings. The number of amides is 2. The van der Waals surface area contributed by atoms with Gasteiger partial charge in [0.05, 0.1) is 6.20 Å². The second-order valence-corrected chi connectivity index (χ2v) is 8.07. The minimum Gasteiger partial charge on any atom is -0.351 e. The molecule has 0 atom stereocenters. The van der Waals surface area contributed by atoms with Crippen LogP contribution >= 0.6 is 0 Å². The molecular weight excluding hydrogens is 380 g/mol. The van der Waals surface area contributed by atoms with Crippen molar-refractivity contribution >= 4 is 40.6 Å². The molecule has 0 saturated heterocycles. The largest absolute Gasteiger partial charge is 0.351 e. The molecule has 2 amide bonds. The van der Waals surface area contributed by atoms with Crippen molar-refractivity contribution in [2.45, 2.75) is 52.0 Å². The summed E-state index contributed by atoms with van der Waals surface area (Å²) in [6.45, 7) is 4.12. The van der Waals surface area contributed by atoms with Gasteiger partial charge in [0.2, 0.25) is 17.8 Å². The average Bonchev–Trinajstić information content (AvgIpc) is 3.20. The first-order valence-electron chi connectivity index (χ1n) is 10.5. The lowest BCUT2D eigenvalue weighted by Gasteiger charge is -2.30. The summed E-state index contributed by atoms with van der Waals surface area (Å²) in [7, 11) is 1.79. The third-order valence-corrected chi connectivity index (χ3v) is 5.88. The van der Waals surface area contributed by atoms with E-state index < -0.39 is 0 Å². The normalized spacial score (nSPS) is 17.0. The highest BCUT2D eigenvalue weighted by atomic mass is 16.2. The number of anilines is 5. The van der Waals surface area contributed by atoms with E-state index in [1.807, 2.05) is 25.1 Å². The molecule has 0 unspecified atom stereocenters. The van der Waals surface area contributed by atoms with Crippen molar-refractivity contribution in [3.05, 3.63) is 30.0 Å². The molecule has 1 fully saturated rings. The van der Waals surface area contributed by atoms with Crippen LogP contribution in [-0.4, -0.2) is 41.4 Å². The number of fused-ring (bicyclic) bond motifs is 1. The Hall–Kier alpha value is -3.16. The van der Waals surface area contributed by atoms with Crippen LogP contribution in [0.2, 0.25) is 0 Å². The predicted molar refractivity (Wildman–Crippen MR) is 118 cm³/mol. The average molecular weight is 409 g/mol. The van der Waals surface area contributed by atoms with Gasteiger partial charge in [-0.15, -0.1) is 0 Å². The molecule has 30 heavy (non-hydrogen) atoms. The summed E-state index contributed by atoms with van der Waals surface area (Å²) in [5, 5.41) is 6.08. The van der Waals surface area contributed by atoms with Crippen molar-refractivity contribution in [1.82, 2.24) is 9.97 Å². The molecule has 0 spiro atoms. The lowest BCUT2D eigenvalue weighted by atomic mass is 10.1. The second kappa shape index (κ2) is 8.30. The highest BCUT2D eigenvalue weighted by Gasteiger charge is 2.31. The van der Waals surface area contributed by atoms with Crippen molar-refractivity contribution < 1.29 is 9.59 Å². The minimum atomic E-state index is -0.0986. The number of hydrogen-bond acceptors (Lipinski definition) is 6. The van der Waals surface area contributed by atoms with Crippen molar-refractivity contribution in [1.29, 1.82) is 0 Å². The Bertz CT molecular complexity index is 970. The van der Waals surface area contributed by atoms with Crippen LogP contribution in [0.4, 0.5) is 28.8 Å². The molecule has 1 saturated carbocycles. The molecule has 2 aliphatic rings. The zero-order valence-electron chi connectivity index (χ0n) is 17.7. The maximum absolute atomic E-state index is 12.5. The number of nitrogens with zero attached hydrogens (tertiary/aromatic N) is 4. The quantitative estimate of drug-likeness (QED) is 0.803. The Kier molecular flexibility index (Phi) is 5.57. The zero-order valence-corrected chi connectivity index (χ0v) is 17.7. The third kappa shape index (κ3) is 4.08. The number of aromatic nitrogens is 2. The summed E-state index contributed by atoms with van der Waals surface area (Å²) in [6, 6.07) is 6.12. The van der Waals surface area contributed by atoms with Gasteiger partial charge in [-0.3, -0.25) is 9.59 Å². The smallest absolute Gasteiger partial charge is 0.229 e. The van der Waals surface area contributed by atoms with Gasteiger partial charge in [0.25, 0.3) is 0 Å². The zero-order chi connectivity index (χ0) is 21.3. The number of nitrogens with one attached hydrogen (secondary N) is 2. The predicted octanol–water partition coefficient (Wildman–Crippen LogP) is 3.60. The monoisotopic (exact) mass is 408 g/mol. The molecule has 1 aromatic heterocycles. The lowest BCUT2D eigenvalue weighted by Crippen LogP contribution is -2.34. The first kappa shape index (κ1) is 20.1. The van der Waals surface area contributed by atoms with E-state index in [-0.39, 0.29) is 11.8 Å². The Labute approximate surface area is 176 Å². The summed E-state index contributed by atoms with van der Waals surface area (Å²) >= 11 is 0. The van der Waals surface area contributed by atoms with E-state index in [1.54, 1.807) is 18.1 Å². The summed E-state index contributed by atoms with van der Waals surface area (Å²) in [6.07, 6.45) is 6.92. The number of carbonyl (C=O) groups excluding carboxylic acids is 2. The summed E-state index contributed by atoms with van der Waals surface area (Å²) in [5.74, 6) is 1.30. The van der Waals surface area contributed by atoms with Gasteiger partial charge in [-0.1, -0.05) is 12.8 Å². The van der Waals surface area contributed by atoms with Crippen molar-refractivity contribution in [2.24, 2.45) is 0 Å². The van der Waals surface area contributed by atoms with Gasteiger partial charge in [0.1, 0.15) is 5.69 Å². The van der Waals surface area contributed by atoms with E-state index in [0.29, 0.717) is 25.0 Å². The number of carbonyl (C=O) groups is 2. The maximum atomic E-state index is 12.5. The van der Waals surface area contributed by atoms with Crippen LogP contribution in [0.25, 0.3) is 0 Å². The van der Waals surface area contributed by atoms with E-state index in [2.05, 4.69) is 20.5 Å². The molecule has 158 valence electrons. The Morgan fingerprint density at radius 2 is 2.00 bits per heavy atom. The summed E-state index contributed by atoms with van der Waals surface area (Å²) in [4.78, 5) is 37.0. The number of aryl methyl sites for hydroxylation is 1. The maximum Gasteiger partial charge on any atom is 0.229 e. The highest BCUT2D eigenvalue weighted by molar-refractivity contribution is 5.97. The number of rotatable bonds is 4. The van der Waals surface area contributed by atoms with E-state index >= 15 is 0 Å². The van der Waals surface area contributed by atoms with E-state index in [1.165, 1.54) is 19.8 Å². The van der Waals surface area contributed by atoms with Gasteiger partial charge >= 0.3 is 0 Å². The van der Waals surface area contributed by atoms with Gasteiger partial charge in [-0.25, -0.2) is 4.98 Å². The molecule has 8 nitrogen and oxygen atoms in total. The molecule has 1 aliphatic heterocycles. The first-order chi connectivity index (χ1) is 14.4. The molecule has 0 radical (unpaired) electrons. The molecule has 4 rings (SSSR count).